The third-order valence-corrected chi connectivity index (χ3v) is 17.8. The number of carbonyl (C=O) groups is 2. The number of hydrogen-bond acceptors (Lipinski definition) is 10. The van der Waals surface area contributed by atoms with Gasteiger partial charge in [0.1, 0.15) is 24.4 Å². The number of aliphatic hydroxyl groups excluding tert-OH is 5. The maximum Gasteiger partial charge on any atom is 0.306 e. The number of hydrogen-bond donors (Lipinski definition) is 6. The molecular formula is C79H143NO10. The van der Waals surface area contributed by atoms with Crippen LogP contribution in [0.2, 0.25) is 0 Å². The Morgan fingerprint density at radius 3 is 1.18 bits per heavy atom. The molecule has 1 aliphatic heterocycles. The summed E-state index contributed by atoms with van der Waals surface area (Å²) >= 11 is 0. The molecule has 1 fully saturated rings. The molecule has 0 radical (unpaired) electrons. The second-order valence-electron chi connectivity index (χ2n) is 26.4. The first kappa shape index (κ1) is 85.1. The lowest BCUT2D eigenvalue weighted by Gasteiger charge is -2.41. The van der Waals surface area contributed by atoms with Gasteiger partial charge in [-0.2, -0.15) is 0 Å². The average molecular weight is 1270 g/mol. The first-order valence-corrected chi connectivity index (χ1v) is 38.2. The third kappa shape index (κ3) is 52.5. The van der Waals surface area contributed by atoms with Gasteiger partial charge in [0, 0.05) is 6.42 Å². The lowest BCUT2D eigenvalue weighted by Crippen LogP contribution is -2.61. The summed E-state index contributed by atoms with van der Waals surface area (Å²) in [5.74, 6) is -1.19. The summed E-state index contributed by atoms with van der Waals surface area (Å²) in [5, 5.41) is 57.4. The van der Waals surface area contributed by atoms with Gasteiger partial charge in [0.25, 0.3) is 0 Å². The smallest absolute Gasteiger partial charge is 0.306 e. The SMILES string of the molecule is CCCCC/C=C\C/C=C\C/C=C\C/C=C\CCCCCCCCCCCCCC(=O)OC1C(OCC(NC(=O)C(O)CCCCCCCCCCCCCC/C=C/CCCCCCCC)C(O)/C=C/CCCCCCCCCCCC)OC(CO)C(O)C1O. The van der Waals surface area contributed by atoms with Crippen LogP contribution < -0.4 is 5.32 Å². The zero-order chi connectivity index (χ0) is 65.3. The zero-order valence-corrected chi connectivity index (χ0v) is 58.5. The zero-order valence-electron chi connectivity index (χ0n) is 58.5. The predicted molar refractivity (Wildman–Crippen MR) is 379 cm³/mol. The molecule has 8 unspecified atom stereocenters. The fourth-order valence-electron chi connectivity index (χ4n) is 11.8. The van der Waals surface area contributed by atoms with Crippen LogP contribution in [0.4, 0.5) is 0 Å². The molecule has 1 heterocycles. The molecule has 0 aromatic rings. The van der Waals surface area contributed by atoms with Crippen molar-refractivity contribution in [2.75, 3.05) is 13.2 Å². The van der Waals surface area contributed by atoms with Crippen molar-refractivity contribution in [1.82, 2.24) is 5.32 Å². The molecule has 1 rings (SSSR count). The van der Waals surface area contributed by atoms with Crippen LogP contribution in [0.25, 0.3) is 0 Å². The van der Waals surface area contributed by atoms with Crippen LogP contribution in [-0.4, -0.2) is 99.6 Å². The molecule has 0 aromatic heterocycles. The molecule has 0 aromatic carbocycles. The number of esters is 1. The Morgan fingerprint density at radius 1 is 0.433 bits per heavy atom. The minimum absolute atomic E-state index is 0.119. The molecule has 0 bridgehead atoms. The lowest BCUT2D eigenvalue weighted by atomic mass is 9.99. The highest BCUT2D eigenvalue weighted by atomic mass is 16.7. The van der Waals surface area contributed by atoms with Crippen LogP contribution in [0, 0.1) is 0 Å². The number of carbonyl (C=O) groups excluding carboxylic acids is 2. The van der Waals surface area contributed by atoms with E-state index >= 15 is 0 Å². The third-order valence-electron chi connectivity index (χ3n) is 17.8. The first-order chi connectivity index (χ1) is 44.2. The van der Waals surface area contributed by atoms with Gasteiger partial charge in [-0.05, 0) is 96.3 Å². The van der Waals surface area contributed by atoms with Crippen molar-refractivity contribution in [2.45, 2.75) is 404 Å². The Kier molecular flexibility index (Phi) is 62.5. The van der Waals surface area contributed by atoms with Crippen LogP contribution in [0.1, 0.15) is 355 Å². The van der Waals surface area contributed by atoms with Gasteiger partial charge >= 0.3 is 5.97 Å². The number of amides is 1. The molecule has 1 saturated heterocycles. The van der Waals surface area contributed by atoms with Gasteiger partial charge in [-0.1, -0.05) is 325 Å². The van der Waals surface area contributed by atoms with Crippen LogP contribution in [-0.2, 0) is 23.8 Å². The van der Waals surface area contributed by atoms with Gasteiger partial charge in [0.15, 0.2) is 12.4 Å². The maximum absolute atomic E-state index is 13.5. The molecule has 0 saturated carbocycles. The fraction of sp³-hybridized carbons (Fsp3) is 0.823. The number of rotatable bonds is 66. The summed E-state index contributed by atoms with van der Waals surface area (Å²) < 4.78 is 17.7. The summed E-state index contributed by atoms with van der Waals surface area (Å²) in [6.07, 6.45) is 76.6. The minimum Gasteiger partial charge on any atom is -0.454 e. The van der Waals surface area contributed by atoms with Crippen molar-refractivity contribution < 1.29 is 49.3 Å². The Bertz CT molecular complexity index is 1750. The van der Waals surface area contributed by atoms with Crippen LogP contribution in [0.3, 0.4) is 0 Å². The van der Waals surface area contributed by atoms with E-state index in [9.17, 15) is 35.1 Å². The quantitative estimate of drug-likeness (QED) is 0.0195. The normalized spacial score (nSPS) is 18.4. The Balaban J connectivity index is 2.52. The number of ether oxygens (including phenoxy) is 3. The molecule has 1 amide bonds. The minimum atomic E-state index is -1.62. The monoisotopic (exact) mass is 1270 g/mol. The second kappa shape index (κ2) is 66.1. The number of unbranched alkanes of at least 4 members (excludes halogenated alkanes) is 42. The van der Waals surface area contributed by atoms with E-state index in [-0.39, 0.29) is 13.0 Å². The molecule has 8 atom stereocenters. The van der Waals surface area contributed by atoms with Gasteiger partial charge in [-0.15, -0.1) is 0 Å². The van der Waals surface area contributed by atoms with Crippen molar-refractivity contribution in [3.8, 4) is 0 Å². The highest BCUT2D eigenvalue weighted by Gasteiger charge is 2.47. The highest BCUT2D eigenvalue weighted by molar-refractivity contribution is 5.80. The van der Waals surface area contributed by atoms with Crippen molar-refractivity contribution in [3.05, 3.63) is 72.9 Å². The van der Waals surface area contributed by atoms with Gasteiger partial charge in [-0.25, -0.2) is 0 Å². The molecule has 6 N–H and O–H groups in total. The van der Waals surface area contributed by atoms with Crippen LogP contribution in [0.5, 0.6) is 0 Å². The van der Waals surface area contributed by atoms with Gasteiger partial charge < -0.3 is 45.1 Å². The highest BCUT2D eigenvalue weighted by Crippen LogP contribution is 2.26. The lowest BCUT2D eigenvalue weighted by molar-refractivity contribution is -0.305. The second-order valence-corrected chi connectivity index (χ2v) is 26.4. The summed E-state index contributed by atoms with van der Waals surface area (Å²) in [6.45, 7) is 5.80. The van der Waals surface area contributed by atoms with Crippen molar-refractivity contribution >= 4 is 11.9 Å². The van der Waals surface area contributed by atoms with E-state index in [1.165, 1.54) is 225 Å². The van der Waals surface area contributed by atoms with Gasteiger partial charge in [-0.3, -0.25) is 9.59 Å². The first-order valence-electron chi connectivity index (χ1n) is 38.2. The van der Waals surface area contributed by atoms with Crippen LogP contribution in [0.15, 0.2) is 72.9 Å². The largest absolute Gasteiger partial charge is 0.454 e. The fourth-order valence-corrected chi connectivity index (χ4v) is 11.8. The molecule has 11 nitrogen and oxygen atoms in total. The molecule has 11 heteroatoms. The van der Waals surface area contributed by atoms with E-state index in [4.69, 9.17) is 14.2 Å². The van der Waals surface area contributed by atoms with Crippen molar-refractivity contribution in [3.63, 3.8) is 0 Å². The number of aliphatic hydroxyl groups is 5. The van der Waals surface area contributed by atoms with Crippen molar-refractivity contribution in [1.29, 1.82) is 0 Å². The Hall–Kier alpha value is -2.90. The molecule has 1 aliphatic rings. The Morgan fingerprint density at radius 2 is 0.767 bits per heavy atom. The molecule has 0 spiro atoms. The summed E-state index contributed by atoms with van der Waals surface area (Å²) in [5.41, 5.74) is 0. The van der Waals surface area contributed by atoms with Gasteiger partial charge in [0.05, 0.1) is 25.4 Å². The average Bonchev–Trinajstić information content (AvgIpc) is 3.71. The van der Waals surface area contributed by atoms with E-state index in [0.29, 0.717) is 19.3 Å². The molecule has 0 aliphatic carbocycles. The van der Waals surface area contributed by atoms with E-state index in [2.05, 4.69) is 86.8 Å². The van der Waals surface area contributed by atoms with Gasteiger partial charge in [0.2, 0.25) is 5.91 Å². The molecule has 90 heavy (non-hydrogen) atoms. The summed E-state index contributed by atoms with van der Waals surface area (Å²) in [4.78, 5) is 26.7. The number of allylic oxidation sites excluding steroid dienone is 11. The summed E-state index contributed by atoms with van der Waals surface area (Å²) in [7, 11) is 0. The topological polar surface area (TPSA) is 175 Å². The van der Waals surface area contributed by atoms with E-state index in [0.717, 1.165) is 83.5 Å². The molecule has 524 valence electrons. The standard InChI is InChI=1S/C79H143NO10/c1-4-7-10-13-16-19-22-25-27-29-31-33-35-36-37-38-39-41-43-45-47-49-52-55-58-61-64-67-74(84)90-77-76(86)75(85)73(68-81)89-79(77)88-69-70(71(82)65-62-59-56-53-50-24-21-18-15-12-9-6-3)80-78(87)72(83)66-63-60-57-54-51-48-46-44-42-40-34-32-30-28-26-23-20-17-14-11-8-5-2/h16,19,25-28,31,33,36-37,62,65,70-73,75-77,79,81-83,85-86H,4-15,17-18,20-24,29-30,32,34-35,38-61,63-64,66-69H2,1-3H3,(H,80,87)/b19-16-,27-25-,28-26+,33-31-,37-36-,65-62+. The molecular weight excluding hydrogens is 1120 g/mol. The Labute approximate surface area is 553 Å². The maximum atomic E-state index is 13.5. The van der Waals surface area contributed by atoms with E-state index < -0.39 is 67.4 Å². The summed E-state index contributed by atoms with van der Waals surface area (Å²) in [6, 6.07) is -1.03. The number of nitrogens with one attached hydrogen (secondary N) is 1. The predicted octanol–water partition coefficient (Wildman–Crippen LogP) is 20.2. The van der Waals surface area contributed by atoms with E-state index in [1.54, 1.807) is 6.08 Å². The van der Waals surface area contributed by atoms with Crippen molar-refractivity contribution in [2.24, 2.45) is 0 Å². The van der Waals surface area contributed by atoms with Crippen LogP contribution >= 0.6 is 0 Å². The van der Waals surface area contributed by atoms with E-state index in [1.807, 2.05) is 6.08 Å².